The third-order valence-corrected chi connectivity index (χ3v) is 5.03. The maximum atomic E-state index is 9.82. The quantitative estimate of drug-likeness (QED) is 0.800. The van der Waals surface area contributed by atoms with E-state index in [9.17, 15) is 5.11 Å². The van der Waals surface area contributed by atoms with Crippen LogP contribution in [0.2, 0.25) is 0 Å². The highest BCUT2D eigenvalue weighted by atomic mass is 32.1. The molecular formula is C14H19NOS. The summed E-state index contributed by atoms with van der Waals surface area (Å²) in [6.45, 7) is 2.09. The van der Waals surface area contributed by atoms with Gasteiger partial charge in [-0.05, 0) is 43.6 Å². The maximum Gasteiger partial charge on any atom is 0.0642 e. The van der Waals surface area contributed by atoms with E-state index in [-0.39, 0.29) is 6.10 Å². The first kappa shape index (κ1) is 11.3. The van der Waals surface area contributed by atoms with Crippen molar-refractivity contribution in [2.75, 3.05) is 0 Å². The molecule has 1 saturated carbocycles. The predicted molar refractivity (Wildman–Crippen MR) is 71.8 cm³/mol. The van der Waals surface area contributed by atoms with Gasteiger partial charge in [-0.25, -0.2) is 0 Å². The van der Waals surface area contributed by atoms with Crippen LogP contribution < -0.4 is 5.32 Å². The molecule has 1 fully saturated rings. The Morgan fingerprint density at radius 1 is 1.47 bits per heavy atom. The fourth-order valence-electron chi connectivity index (χ4n) is 3.17. The van der Waals surface area contributed by atoms with Gasteiger partial charge in [0.2, 0.25) is 0 Å². The summed E-state index contributed by atoms with van der Waals surface area (Å²) in [7, 11) is 0. The summed E-state index contributed by atoms with van der Waals surface area (Å²) in [6.07, 6.45) is 6.40. The number of rotatable bonds is 1. The van der Waals surface area contributed by atoms with Crippen molar-refractivity contribution in [3.05, 3.63) is 28.0 Å². The SMILES string of the molecule is C/C=C1\N[C@H]([C@@H]2CCC[C@@H](O)C2)c2sccc21. The molecule has 92 valence electrons. The largest absolute Gasteiger partial charge is 0.393 e. The summed E-state index contributed by atoms with van der Waals surface area (Å²) in [5, 5.41) is 15.6. The van der Waals surface area contributed by atoms with Crippen molar-refractivity contribution in [1.82, 2.24) is 5.32 Å². The molecule has 0 amide bonds. The molecule has 0 unspecified atom stereocenters. The normalized spacial score (nSPS) is 34.7. The molecule has 1 aliphatic carbocycles. The van der Waals surface area contributed by atoms with E-state index in [2.05, 4.69) is 29.8 Å². The first-order valence-electron chi connectivity index (χ1n) is 6.48. The van der Waals surface area contributed by atoms with Gasteiger partial charge in [0.15, 0.2) is 0 Å². The number of allylic oxidation sites excluding steroid dienone is 1. The molecular weight excluding hydrogens is 230 g/mol. The van der Waals surface area contributed by atoms with E-state index >= 15 is 0 Å². The van der Waals surface area contributed by atoms with Gasteiger partial charge >= 0.3 is 0 Å². The zero-order valence-electron chi connectivity index (χ0n) is 10.1. The summed E-state index contributed by atoms with van der Waals surface area (Å²) in [5.74, 6) is 0.591. The van der Waals surface area contributed by atoms with E-state index in [4.69, 9.17) is 0 Å². The Balaban J connectivity index is 1.86. The minimum absolute atomic E-state index is 0.0892. The van der Waals surface area contributed by atoms with Gasteiger partial charge in [-0.3, -0.25) is 0 Å². The number of aliphatic hydroxyl groups is 1. The molecule has 3 atom stereocenters. The van der Waals surface area contributed by atoms with Crippen LogP contribution in [0, 0.1) is 5.92 Å². The highest BCUT2D eigenvalue weighted by molar-refractivity contribution is 7.10. The molecule has 2 N–H and O–H groups in total. The average Bonchev–Trinajstić information content (AvgIpc) is 2.89. The third-order valence-electron chi connectivity index (χ3n) is 4.03. The second-order valence-corrected chi connectivity index (χ2v) is 6.05. The zero-order chi connectivity index (χ0) is 11.8. The molecule has 17 heavy (non-hydrogen) atoms. The summed E-state index contributed by atoms with van der Waals surface area (Å²) >= 11 is 1.85. The van der Waals surface area contributed by atoms with Crippen LogP contribution in [0.15, 0.2) is 17.5 Å². The number of thiophene rings is 1. The molecule has 0 aromatic carbocycles. The Morgan fingerprint density at radius 3 is 3.12 bits per heavy atom. The molecule has 1 aromatic rings. The first-order chi connectivity index (χ1) is 8.29. The molecule has 1 aliphatic heterocycles. The highest BCUT2D eigenvalue weighted by Gasteiger charge is 2.35. The Bertz CT molecular complexity index is 437. The van der Waals surface area contributed by atoms with Crippen LogP contribution in [0.1, 0.15) is 49.1 Å². The number of aliphatic hydroxyl groups excluding tert-OH is 1. The molecule has 2 heterocycles. The van der Waals surface area contributed by atoms with Crippen molar-refractivity contribution in [2.24, 2.45) is 5.92 Å². The molecule has 0 saturated heterocycles. The standard InChI is InChI=1S/C14H19NOS/c1-2-12-11-6-7-17-14(11)13(15-12)9-4-3-5-10(16)8-9/h2,6-7,9-10,13,15-16H,3-5,8H2,1H3/b12-2-/t9-,10-,13-/m1/s1. The number of nitrogens with one attached hydrogen (secondary N) is 1. The van der Waals surface area contributed by atoms with Crippen LogP contribution in [-0.2, 0) is 0 Å². The fraction of sp³-hybridized carbons (Fsp3) is 0.571. The van der Waals surface area contributed by atoms with E-state index in [0.717, 1.165) is 19.3 Å². The molecule has 0 radical (unpaired) electrons. The predicted octanol–water partition coefficient (Wildman–Crippen LogP) is 3.30. The van der Waals surface area contributed by atoms with Crippen molar-refractivity contribution >= 4 is 17.0 Å². The number of hydrogen-bond donors (Lipinski definition) is 2. The van der Waals surface area contributed by atoms with Gasteiger partial charge in [-0.15, -0.1) is 11.3 Å². The minimum atomic E-state index is -0.0892. The van der Waals surface area contributed by atoms with Gasteiger partial charge in [0.05, 0.1) is 12.1 Å². The van der Waals surface area contributed by atoms with Crippen molar-refractivity contribution in [3.63, 3.8) is 0 Å². The average molecular weight is 249 g/mol. The molecule has 3 heteroatoms. The first-order valence-corrected chi connectivity index (χ1v) is 7.36. The van der Waals surface area contributed by atoms with Crippen molar-refractivity contribution in [1.29, 1.82) is 0 Å². The van der Waals surface area contributed by atoms with Gasteiger partial charge in [0.25, 0.3) is 0 Å². The lowest BCUT2D eigenvalue weighted by atomic mass is 9.82. The fourth-order valence-corrected chi connectivity index (χ4v) is 4.22. The van der Waals surface area contributed by atoms with Crippen LogP contribution >= 0.6 is 11.3 Å². The monoisotopic (exact) mass is 249 g/mol. The van der Waals surface area contributed by atoms with Crippen LogP contribution in [0.25, 0.3) is 5.70 Å². The zero-order valence-corrected chi connectivity index (χ0v) is 11.0. The smallest absolute Gasteiger partial charge is 0.0642 e. The van der Waals surface area contributed by atoms with Crippen molar-refractivity contribution in [2.45, 2.75) is 44.8 Å². The third kappa shape index (κ3) is 1.91. The topological polar surface area (TPSA) is 32.3 Å². The van der Waals surface area contributed by atoms with Gasteiger partial charge < -0.3 is 10.4 Å². The molecule has 2 nitrogen and oxygen atoms in total. The minimum Gasteiger partial charge on any atom is -0.393 e. The van der Waals surface area contributed by atoms with E-state index in [1.807, 2.05) is 11.3 Å². The lowest BCUT2D eigenvalue weighted by Crippen LogP contribution is -2.28. The summed E-state index contributed by atoms with van der Waals surface area (Å²) in [6, 6.07) is 2.65. The highest BCUT2D eigenvalue weighted by Crippen LogP contribution is 2.44. The lowest BCUT2D eigenvalue weighted by molar-refractivity contribution is 0.0906. The summed E-state index contributed by atoms with van der Waals surface area (Å²) in [5.41, 5.74) is 2.65. The van der Waals surface area contributed by atoms with E-state index < -0.39 is 0 Å². The number of fused-ring (bicyclic) bond motifs is 1. The van der Waals surface area contributed by atoms with E-state index in [1.54, 1.807) is 0 Å². The Hall–Kier alpha value is -0.800. The summed E-state index contributed by atoms with van der Waals surface area (Å²) < 4.78 is 0. The van der Waals surface area contributed by atoms with Crippen LogP contribution in [-0.4, -0.2) is 11.2 Å². The molecule has 1 aromatic heterocycles. The maximum absolute atomic E-state index is 9.82. The van der Waals surface area contributed by atoms with Gasteiger partial charge in [-0.2, -0.15) is 0 Å². The van der Waals surface area contributed by atoms with Crippen molar-refractivity contribution < 1.29 is 5.11 Å². The Labute approximate surface area is 106 Å². The van der Waals surface area contributed by atoms with E-state index in [0.29, 0.717) is 12.0 Å². The second-order valence-electron chi connectivity index (χ2n) is 5.10. The van der Waals surface area contributed by atoms with E-state index in [1.165, 1.54) is 22.6 Å². The Morgan fingerprint density at radius 2 is 2.35 bits per heavy atom. The lowest BCUT2D eigenvalue weighted by Gasteiger charge is -2.30. The molecule has 2 aliphatic rings. The van der Waals surface area contributed by atoms with Gasteiger partial charge in [0, 0.05) is 16.1 Å². The molecule has 0 bridgehead atoms. The van der Waals surface area contributed by atoms with Gasteiger partial charge in [-0.1, -0.05) is 12.5 Å². The van der Waals surface area contributed by atoms with Crippen LogP contribution in [0.4, 0.5) is 0 Å². The van der Waals surface area contributed by atoms with Crippen molar-refractivity contribution in [3.8, 4) is 0 Å². The van der Waals surface area contributed by atoms with Crippen LogP contribution in [0.5, 0.6) is 0 Å². The summed E-state index contributed by atoms with van der Waals surface area (Å²) in [4.78, 5) is 1.47. The van der Waals surface area contributed by atoms with Gasteiger partial charge in [0.1, 0.15) is 0 Å². The second kappa shape index (κ2) is 4.46. The molecule has 3 rings (SSSR count). The Kier molecular flexibility index (Phi) is 2.97. The number of hydrogen-bond acceptors (Lipinski definition) is 3. The van der Waals surface area contributed by atoms with Crippen LogP contribution in [0.3, 0.4) is 0 Å². The molecule has 0 spiro atoms.